The molecule has 3 N–H and O–H groups in total. The van der Waals surface area contributed by atoms with Crippen molar-refractivity contribution in [3.05, 3.63) is 0 Å². The Hall–Kier alpha value is -1.79. The van der Waals surface area contributed by atoms with Crippen LogP contribution in [-0.4, -0.2) is 41.8 Å². The third-order valence-corrected chi connectivity index (χ3v) is 2.44. The second kappa shape index (κ2) is 10.0. The minimum absolute atomic E-state index is 0.246. The molecule has 0 radical (unpaired) electrons. The van der Waals surface area contributed by atoms with Gasteiger partial charge in [0.15, 0.2) is 0 Å². The number of nitrogens with one attached hydrogen (secondary N) is 2. The number of hydrogen-bond donors (Lipinski definition) is 3. The highest BCUT2D eigenvalue weighted by Crippen LogP contribution is 2.07. The Balaban J connectivity index is 3.42. The fourth-order valence-corrected chi connectivity index (χ4v) is 1.53. The molecule has 0 bridgehead atoms. The Morgan fingerprint density at radius 3 is 2.19 bits per heavy atom. The number of carboxylic acids is 1. The van der Waals surface area contributed by atoms with Gasteiger partial charge in [0.1, 0.15) is 12.1 Å². The van der Waals surface area contributed by atoms with E-state index in [2.05, 4.69) is 10.6 Å². The molecule has 0 aromatic heterocycles. The SMILES string of the molecule is CC(C)(C)OC(=O)NCCCCCCC(=O)NCC(=O)O. The van der Waals surface area contributed by atoms with Crippen molar-refractivity contribution in [2.45, 2.75) is 58.5 Å². The summed E-state index contributed by atoms with van der Waals surface area (Å²) in [6, 6.07) is 0. The van der Waals surface area contributed by atoms with Crippen LogP contribution >= 0.6 is 0 Å². The molecular formula is C14H26N2O5. The zero-order chi connectivity index (χ0) is 16.3. The van der Waals surface area contributed by atoms with E-state index < -0.39 is 17.7 Å². The van der Waals surface area contributed by atoms with E-state index in [-0.39, 0.29) is 12.5 Å². The van der Waals surface area contributed by atoms with E-state index in [4.69, 9.17) is 9.84 Å². The van der Waals surface area contributed by atoms with Crippen LogP contribution in [0, 0.1) is 0 Å². The number of alkyl carbamates (subject to hydrolysis) is 1. The van der Waals surface area contributed by atoms with E-state index in [1.165, 1.54) is 0 Å². The van der Waals surface area contributed by atoms with Gasteiger partial charge in [-0.05, 0) is 33.6 Å². The van der Waals surface area contributed by atoms with Gasteiger partial charge in [-0.1, -0.05) is 12.8 Å². The van der Waals surface area contributed by atoms with Crippen LogP contribution in [0.15, 0.2) is 0 Å². The first-order valence-corrected chi connectivity index (χ1v) is 7.16. The highest BCUT2D eigenvalue weighted by molar-refractivity contribution is 5.80. The summed E-state index contributed by atoms with van der Waals surface area (Å²) in [6.45, 7) is 5.63. The zero-order valence-electron chi connectivity index (χ0n) is 13.0. The van der Waals surface area contributed by atoms with Gasteiger partial charge >= 0.3 is 12.1 Å². The van der Waals surface area contributed by atoms with Gasteiger partial charge < -0.3 is 20.5 Å². The molecule has 0 spiro atoms. The van der Waals surface area contributed by atoms with Crippen LogP contribution in [-0.2, 0) is 14.3 Å². The lowest BCUT2D eigenvalue weighted by Crippen LogP contribution is -2.33. The van der Waals surface area contributed by atoms with E-state index in [0.717, 1.165) is 19.3 Å². The van der Waals surface area contributed by atoms with Crippen molar-refractivity contribution in [2.24, 2.45) is 0 Å². The summed E-state index contributed by atoms with van der Waals surface area (Å²) < 4.78 is 5.09. The maximum absolute atomic E-state index is 11.3. The number of carboxylic acid groups (broad SMARTS) is 1. The lowest BCUT2D eigenvalue weighted by Gasteiger charge is -2.19. The fraction of sp³-hybridized carbons (Fsp3) is 0.786. The Labute approximate surface area is 125 Å². The lowest BCUT2D eigenvalue weighted by atomic mass is 10.1. The van der Waals surface area contributed by atoms with Gasteiger partial charge in [-0.2, -0.15) is 0 Å². The molecule has 0 atom stereocenters. The van der Waals surface area contributed by atoms with Gasteiger partial charge in [-0.25, -0.2) is 4.79 Å². The highest BCUT2D eigenvalue weighted by atomic mass is 16.6. The zero-order valence-corrected chi connectivity index (χ0v) is 13.0. The Kier molecular flexibility index (Phi) is 9.16. The second-order valence-electron chi connectivity index (χ2n) is 5.76. The van der Waals surface area contributed by atoms with Gasteiger partial charge in [0.05, 0.1) is 0 Å². The van der Waals surface area contributed by atoms with E-state index in [9.17, 15) is 14.4 Å². The van der Waals surface area contributed by atoms with Gasteiger partial charge in [0.25, 0.3) is 0 Å². The first kappa shape index (κ1) is 19.2. The molecule has 0 aliphatic heterocycles. The summed E-state index contributed by atoms with van der Waals surface area (Å²) in [5, 5.41) is 13.4. The molecule has 0 aromatic rings. The average molecular weight is 302 g/mol. The Morgan fingerprint density at radius 1 is 1.00 bits per heavy atom. The number of hydrogen-bond acceptors (Lipinski definition) is 4. The van der Waals surface area contributed by atoms with Crippen molar-refractivity contribution in [3.8, 4) is 0 Å². The second-order valence-corrected chi connectivity index (χ2v) is 5.76. The van der Waals surface area contributed by atoms with Crippen LogP contribution in [0.4, 0.5) is 4.79 Å². The largest absolute Gasteiger partial charge is 0.480 e. The summed E-state index contributed by atoms with van der Waals surface area (Å²) >= 11 is 0. The predicted octanol–water partition coefficient (Wildman–Crippen LogP) is 1.66. The molecule has 0 saturated carbocycles. The van der Waals surface area contributed by atoms with Crippen molar-refractivity contribution in [1.82, 2.24) is 10.6 Å². The molecule has 2 amide bonds. The molecule has 0 saturated heterocycles. The third-order valence-electron chi connectivity index (χ3n) is 2.44. The minimum atomic E-state index is -1.04. The molecule has 0 fully saturated rings. The van der Waals surface area contributed by atoms with Crippen LogP contribution in [0.2, 0.25) is 0 Å². The molecule has 0 aliphatic rings. The van der Waals surface area contributed by atoms with Crippen molar-refractivity contribution >= 4 is 18.0 Å². The summed E-state index contributed by atoms with van der Waals surface area (Å²) in [7, 11) is 0. The summed E-state index contributed by atoms with van der Waals surface area (Å²) in [5.74, 6) is -1.29. The minimum Gasteiger partial charge on any atom is -0.480 e. The highest BCUT2D eigenvalue weighted by Gasteiger charge is 2.15. The molecule has 0 unspecified atom stereocenters. The molecule has 0 rings (SSSR count). The van der Waals surface area contributed by atoms with Crippen LogP contribution in [0.5, 0.6) is 0 Å². The number of amides is 2. The molecule has 7 nitrogen and oxygen atoms in total. The number of carbonyl (C=O) groups excluding carboxylic acids is 2. The van der Waals surface area contributed by atoms with E-state index in [0.29, 0.717) is 19.4 Å². The van der Waals surface area contributed by atoms with Gasteiger partial charge in [0.2, 0.25) is 5.91 Å². The van der Waals surface area contributed by atoms with Gasteiger partial charge in [0, 0.05) is 13.0 Å². The average Bonchev–Trinajstić information content (AvgIpc) is 2.33. The maximum Gasteiger partial charge on any atom is 0.407 e. The number of unbranched alkanes of at least 4 members (excludes halogenated alkanes) is 3. The van der Waals surface area contributed by atoms with Crippen molar-refractivity contribution in [2.75, 3.05) is 13.1 Å². The Morgan fingerprint density at radius 2 is 1.62 bits per heavy atom. The summed E-state index contributed by atoms with van der Waals surface area (Å²) in [6.07, 6.45) is 3.18. The first-order valence-electron chi connectivity index (χ1n) is 7.16. The number of ether oxygens (including phenoxy) is 1. The monoisotopic (exact) mass is 302 g/mol. The molecule has 0 aliphatic carbocycles. The third kappa shape index (κ3) is 14.4. The molecule has 0 aromatic carbocycles. The van der Waals surface area contributed by atoms with Crippen LogP contribution in [0.25, 0.3) is 0 Å². The van der Waals surface area contributed by atoms with Crippen molar-refractivity contribution in [1.29, 1.82) is 0 Å². The quantitative estimate of drug-likeness (QED) is 0.562. The maximum atomic E-state index is 11.3. The van der Waals surface area contributed by atoms with Crippen LogP contribution in [0.3, 0.4) is 0 Å². The lowest BCUT2D eigenvalue weighted by molar-refractivity contribution is -0.137. The predicted molar refractivity (Wildman–Crippen MR) is 78.0 cm³/mol. The molecule has 7 heteroatoms. The van der Waals surface area contributed by atoms with Gasteiger partial charge in [-0.3, -0.25) is 9.59 Å². The van der Waals surface area contributed by atoms with Crippen LogP contribution in [0.1, 0.15) is 52.9 Å². The van der Waals surface area contributed by atoms with E-state index >= 15 is 0 Å². The number of carbonyl (C=O) groups is 3. The van der Waals surface area contributed by atoms with Crippen LogP contribution < -0.4 is 10.6 Å². The topological polar surface area (TPSA) is 105 Å². The fourth-order valence-electron chi connectivity index (χ4n) is 1.53. The van der Waals surface area contributed by atoms with E-state index in [1.807, 2.05) is 20.8 Å². The summed E-state index contributed by atoms with van der Waals surface area (Å²) in [4.78, 5) is 32.8. The molecule has 122 valence electrons. The van der Waals surface area contributed by atoms with Crippen molar-refractivity contribution < 1.29 is 24.2 Å². The first-order chi connectivity index (χ1) is 9.70. The normalized spacial score (nSPS) is 10.8. The van der Waals surface area contributed by atoms with Gasteiger partial charge in [-0.15, -0.1) is 0 Å². The number of rotatable bonds is 9. The molecular weight excluding hydrogens is 276 g/mol. The Bertz CT molecular complexity index is 350. The smallest absolute Gasteiger partial charge is 0.407 e. The van der Waals surface area contributed by atoms with Crippen molar-refractivity contribution in [3.63, 3.8) is 0 Å². The van der Waals surface area contributed by atoms with E-state index in [1.54, 1.807) is 0 Å². The summed E-state index contributed by atoms with van der Waals surface area (Å²) in [5.41, 5.74) is -0.493. The number of aliphatic carboxylic acids is 1. The molecule has 21 heavy (non-hydrogen) atoms. The standard InChI is InChI=1S/C14H26N2O5/c1-14(2,3)21-13(20)15-9-7-5-4-6-8-11(17)16-10-12(18)19/h4-10H2,1-3H3,(H,15,20)(H,16,17)(H,18,19). The molecule has 0 heterocycles.